The van der Waals surface area contributed by atoms with E-state index < -0.39 is 0 Å². The lowest BCUT2D eigenvalue weighted by molar-refractivity contribution is -0.136. The molecule has 1 aromatic carbocycles. The summed E-state index contributed by atoms with van der Waals surface area (Å²) in [6.45, 7) is 6.76. The number of halogens is 2. The van der Waals surface area contributed by atoms with Crippen LogP contribution in [0.4, 0.5) is 5.69 Å². The van der Waals surface area contributed by atoms with E-state index in [1.54, 1.807) is 18.2 Å². The normalized spacial score (nSPS) is 15.8. The zero-order valence-corrected chi connectivity index (χ0v) is 14.8. The Balaban J connectivity index is 1.83. The Bertz CT molecular complexity index is 585. The van der Waals surface area contributed by atoms with Crippen molar-refractivity contribution >= 4 is 40.7 Å². The molecule has 1 aromatic rings. The number of hydrogen-bond acceptors (Lipinski definition) is 3. The van der Waals surface area contributed by atoms with Crippen molar-refractivity contribution in [3.8, 4) is 0 Å². The zero-order chi connectivity index (χ0) is 17.0. The number of nitrogens with one attached hydrogen (secondary N) is 1. The topological polar surface area (TPSA) is 52.7 Å². The number of amides is 2. The van der Waals surface area contributed by atoms with E-state index in [0.717, 1.165) is 0 Å². The Morgan fingerprint density at radius 2 is 1.83 bits per heavy atom. The smallest absolute Gasteiger partial charge is 0.238 e. The fourth-order valence-electron chi connectivity index (χ4n) is 2.48. The number of hydrogen-bond donors (Lipinski definition) is 1. The molecule has 7 heteroatoms. The molecule has 0 spiro atoms. The average molecular weight is 358 g/mol. The minimum atomic E-state index is -0.141. The summed E-state index contributed by atoms with van der Waals surface area (Å²) in [7, 11) is 0. The van der Waals surface area contributed by atoms with Gasteiger partial charge in [0.05, 0.1) is 17.3 Å². The monoisotopic (exact) mass is 357 g/mol. The summed E-state index contributed by atoms with van der Waals surface area (Å²) in [6, 6.07) is 4.95. The average Bonchev–Trinajstić information content (AvgIpc) is 2.51. The summed E-state index contributed by atoms with van der Waals surface area (Å²) < 4.78 is 0. The van der Waals surface area contributed by atoms with Crippen molar-refractivity contribution in [1.29, 1.82) is 0 Å². The van der Waals surface area contributed by atoms with Crippen LogP contribution in [-0.4, -0.2) is 54.3 Å². The first-order valence-corrected chi connectivity index (χ1v) is 8.38. The molecule has 0 bridgehead atoms. The second-order valence-electron chi connectivity index (χ2n) is 5.93. The van der Waals surface area contributed by atoms with Gasteiger partial charge in [0.2, 0.25) is 11.8 Å². The van der Waals surface area contributed by atoms with Crippen molar-refractivity contribution in [2.75, 3.05) is 38.0 Å². The molecule has 126 valence electrons. The second kappa shape index (κ2) is 7.99. The third-order valence-electron chi connectivity index (χ3n) is 3.75. The van der Waals surface area contributed by atoms with Crippen molar-refractivity contribution < 1.29 is 9.59 Å². The maximum Gasteiger partial charge on any atom is 0.238 e. The molecule has 1 aliphatic rings. The molecule has 0 aromatic heterocycles. The lowest BCUT2D eigenvalue weighted by Crippen LogP contribution is -2.51. The summed E-state index contributed by atoms with van der Waals surface area (Å²) in [5.41, 5.74) is 0.512. The third-order valence-corrected chi connectivity index (χ3v) is 4.31. The first-order valence-electron chi connectivity index (χ1n) is 7.63. The highest BCUT2D eigenvalue weighted by Gasteiger charge is 2.23. The zero-order valence-electron chi connectivity index (χ0n) is 13.3. The lowest BCUT2D eigenvalue weighted by atomic mass is 10.1. The van der Waals surface area contributed by atoms with E-state index in [9.17, 15) is 9.59 Å². The number of nitrogens with zero attached hydrogens (tertiary/aromatic N) is 2. The Labute approximate surface area is 146 Å². The number of benzene rings is 1. The van der Waals surface area contributed by atoms with Crippen LogP contribution in [0.5, 0.6) is 0 Å². The fraction of sp³-hybridized carbons (Fsp3) is 0.500. The standard InChI is InChI=1S/C16H21Cl2N3O2/c1-11(2)16(23)21-7-5-20(6-8-21)10-15(22)19-14-9-12(17)3-4-13(14)18/h3-4,9,11H,5-8,10H2,1-2H3,(H,19,22). The van der Waals surface area contributed by atoms with E-state index in [1.165, 1.54) is 0 Å². The van der Waals surface area contributed by atoms with Crippen molar-refractivity contribution in [3.05, 3.63) is 28.2 Å². The highest BCUT2D eigenvalue weighted by molar-refractivity contribution is 6.35. The molecule has 0 radical (unpaired) electrons. The maximum atomic E-state index is 12.1. The van der Waals surface area contributed by atoms with Crippen molar-refractivity contribution in [3.63, 3.8) is 0 Å². The summed E-state index contributed by atoms with van der Waals surface area (Å²) in [6.07, 6.45) is 0. The number of carbonyl (C=O) groups is 2. The van der Waals surface area contributed by atoms with Crippen LogP contribution in [0.15, 0.2) is 18.2 Å². The van der Waals surface area contributed by atoms with Crippen LogP contribution in [-0.2, 0) is 9.59 Å². The molecule has 0 saturated carbocycles. The van der Waals surface area contributed by atoms with Gasteiger partial charge in [0, 0.05) is 37.1 Å². The highest BCUT2D eigenvalue weighted by Crippen LogP contribution is 2.25. The Morgan fingerprint density at radius 3 is 2.43 bits per heavy atom. The molecule has 1 fully saturated rings. The SMILES string of the molecule is CC(C)C(=O)N1CCN(CC(=O)Nc2cc(Cl)ccc2Cl)CC1. The predicted molar refractivity (Wildman–Crippen MR) is 92.9 cm³/mol. The van der Waals surface area contributed by atoms with Crippen molar-refractivity contribution in [2.45, 2.75) is 13.8 Å². The van der Waals surface area contributed by atoms with Crippen LogP contribution in [0.3, 0.4) is 0 Å². The van der Waals surface area contributed by atoms with E-state index in [2.05, 4.69) is 5.32 Å². The quantitative estimate of drug-likeness (QED) is 0.901. The van der Waals surface area contributed by atoms with Gasteiger partial charge in [-0.05, 0) is 18.2 Å². The first kappa shape index (κ1) is 18.0. The maximum absolute atomic E-state index is 12.1. The number of carbonyl (C=O) groups excluding carboxylic acids is 2. The van der Waals surface area contributed by atoms with E-state index in [0.29, 0.717) is 41.9 Å². The van der Waals surface area contributed by atoms with Crippen LogP contribution in [0.2, 0.25) is 10.0 Å². The van der Waals surface area contributed by atoms with Gasteiger partial charge in [0.25, 0.3) is 0 Å². The second-order valence-corrected chi connectivity index (χ2v) is 6.77. The molecule has 0 unspecified atom stereocenters. The summed E-state index contributed by atoms with van der Waals surface area (Å²) in [4.78, 5) is 28.0. The molecule has 1 aliphatic heterocycles. The molecular weight excluding hydrogens is 337 g/mol. The molecule has 2 rings (SSSR count). The van der Waals surface area contributed by atoms with Crippen molar-refractivity contribution in [2.24, 2.45) is 5.92 Å². The minimum Gasteiger partial charge on any atom is -0.340 e. The van der Waals surface area contributed by atoms with Gasteiger partial charge in [0.15, 0.2) is 0 Å². The Morgan fingerprint density at radius 1 is 1.17 bits per heavy atom. The van der Waals surface area contributed by atoms with Crippen LogP contribution in [0, 0.1) is 5.92 Å². The van der Waals surface area contributed by atoms with Crippen LogP contribution < -0.4 is 5.32 Å². The van der Waals surface area contributed by atoms with E-state index in [4.69, 9.17) is 23.2 Å². The van der Waals surface area contributed by atoms with Crippen LogP contribution >= 0.6 is 23.2 Å². The lowest BCUT2D eigenvalue weighted by Gasteiger charge is -2.35. The van der Waals surface area contributed by atoms with Crippen LogP contribution in [0.25, 0.3) is 0 Å². The molecule has 1 saturated heterocycles. The number of piperazine rings is 1. The van der Waals surface area contributed by atoms with Gasteiger partial charge >= 0.3 is 0 Å². The molecule has 1 heterocycles. The molecule has 2 amide bonds. The molecule has 5 nitrogen and oxygen atoms in total. The highest BCUT2D eigenvalue weighted by atomic mass is 35.5. The number of rotatable bonds is 4. The van der Waals surface area contributed by atoms with E-state index in [1.807, 2.05) is 23.6 Å². The molecule has 23 heavy (non-hydrogen) atoms. The largest absolute Gasteiger partial charge is 0.340 e. The van der Waals surface area contributed by atoms with Gasteiger partial charge in [-0.1, -0.05) is 37.0 Å². The summed E-state index contributed by atoms with van der Waals surface area (Å²) >= 11 is 11.9. The van der Waals surface area contributed by atoms with Gasteiger partial charge in [-0.3, -0.25) is 14.5 Å². The van der Waals surface area contributed by atoms with Gasteiger partial charge < -0.3 is 10.2 Å². The minimum absolute atomic E-state index is 0.00909. The molecule has 1 N–H and O–H groups in total. The molecule has 0 atom stereocenters. The summed E-state index contributed by atoms with van der Waals surface area (Å²) in [5, 5.41) is 3.75. The van der Waals surface area contributed by atoms with Gasteiger partial charge in [0.1, 0.15) is 0 Å². The van der Waals surface area contributed by atoms with Gasteiger partial charge in [-0.2, -0.15) is 0 Å². The fourth-order valence-corrected chi connectivity index (χ4v) is 2.81. The molecular formula is C16H21Cl2N3O2. The Kier molecular flexibility index (Phi) is 6.27. The Hall–Kier alpha value is -1.30. The summed E-state index contributed by atoms with van der Waals surface area (Å²) in [5.74, 6) is 0.0347. The first-order chi connectivity index (χ1) is 10.9. The molecule has 0 aliphatic carbocycles. The third kappa shape index (κ3) is 5.09. The van der Waals surface area contributed by atoms with Crippen molar-refractivity contribution in [1.82, 2.24) is 9.80 Å². The van der Waals surface area contributed by atoms with Gasteiger partial charge in [-0.15, -0.1) is 0 Å². The van der Waals surface area contributed by atoms with E-state index in [-0.39, 0.29) is 24.3 Å². The van der Waals surface area contributed by atoms with E-state index >= 15 is 0 Å². The van der Waals surface area contributed by atoms with Crippen LogP contribution in [0.1, 0.15) is 13.8 Å². The van der Waals surface area contributed by atoms with Gasteiger partial charge in [-0.25, -0.2) is 0 Å². The number of anilines is 1. The predicted octanol–water partition coefficient (Wildman–Crippen LogP) is 2.73.